The van der Waals surface area contributed by atoms with E-state index in [1.54, 1.807) is 43.0 Å². The van der Waals surface area contributed by atoms with E-state index in [2.05, 4.69) is 20.2 Å². The van der Waals surface area contributed by atoms with Crippen molar-refractivity contribution in [3.8, 4) is 0 Å². The molecule has 4 heterocycles. The van der Waals surface area contributed by atoms with Gasteiger partial charge in [0.05, 0.1) is 17.9 Å². The Balaban J connectivity index is 1.29. The molecule has 2 saturated heterocycles. The summed E-state index contributed by atoms with van der Waals surface area (Å²) in [7, 11) is 0. The molecule has 0 saturated carbocycles. The number of rotatable bonds is 7. The number of amides is 3. The minimum atomic E-state index is -0.763. The molecule has 10 nitrogen and oxygen atoms in total. The van der Waals surface area contributed by atoms with Crippen molar-refractivity contribution in [3.63, 3.8) is 0 Å². The lowest BCUT2D eigenvalue weighted by atomic mass is 9.96. The monoisotopic (exact) mass is 490 g/mol. The molecule has 0 spiro atoms. The number of fused-ring (bicyclic) bond motifs is 1. The fraction of sp³-hybridized carbons (Fsp3) is 0.708. The molecule has 35 heavy (non-hydrogen) atoms. The highest BCUT2D eigenvalue weighted by atomic mass is 19.1. The lowest BCUT2D eigenvalue weighted by Crippen LogP contribution is -2.69. The first-order valence-electron chi connectivity index (χ1n) is 12.3. The number of hydrogen-bond donors (Lipinski definition) is 1. The van der Waals surface area contributed by atoms with Gasteiger partial charge in [-0.3, -0.25) is 24.5 Å². The zero-order valence-electron chi connectivity index (χ0n) is 20.7. The van der Waals surface area contributed by atoms with Gasteiger partial charge in [0.2, 0.25) is 11.8 Å². The Labute approximate surface area is 205 Å². The molecular formula is C24H35FN6O4. The summed E-state index contributed by atoms with van der Waals surface area (Å²) in [5.41, 5.74) is 0.903. The van der Waals surface area contributed by atoms with E-state index in [0.29, 0.717) is 57.7 Å². The van der Waals surface area contributed by atoms with Crippen LogP contribution in [0, 0.1) is 0 Å². The van der Waals surface area contributed by atoms with Gasteiger partial charge in [-0.2, -0.15) is 0 Å². The molecule has 0 aromatic carbocycles. The molecule has 3 aliphatic heterocycles. The van der Waals surface area contributed by atoms with Gasteiger partial charge in [0.15, 0.2) is 0 Å². The maximum Gasteiger partial charge on any atom is 0.407 e. The second-order valence-electron chi connectivity index (χ2n) is 10.5. The molecule has 0 radical (unpaired) electrons. The molecule has 1 atom stereocenters. The molecule has 1 unspecified atom stereocenters. The van der Waals surface area contributed by atoms with E-state index in [1.807, 2.05) is 0 Å². The van der Waals surface area contributed by atoms with Gasteiger partial charge in [-0.25, -0.2) is 9.18 Å². The van der Waals surface area contributed by atoms with E-state index >= 15 is 0 Å². The number of carbonyl (C=O) groups excluding carboxylic acids is 3. The Kier molecular flexibility index (Phi) is 7.53. The van der Waals surface area contributed by atoms with Gasteiger partial charge >= 0.3 is 6.09 Å². The molecule has 1 aromatic heterocycles. The van der Waals surface area contributed by atoms with Crippen LogP contribution in [0.25, 0.3) is 0 Å². The van der Waals surface area contributed by atoms with Crippen LogP contribution < -0.4 is 5.32 Å². The number of alkyl halides is 1. The fourth-order valence-corrected chi connectivity index (χ4v) is 4.63. The van der Waals surface area contributed by atoms with Gasteiger partial charge in [-0.05, 0) is 33.6 Å². The van der Waals surface area contributed by atoms with Crippen LogP contribution in [0.5, 0.6) is 0 Å². The van der Waals surface area contributed by atoms with E-state index in [9.17, 15) is 18.8 Å². The van der Waals surface area contributed by atoms with Crippen molar-refractivity contribution in [2.45, 2.75) is 76.9 Å². The zero-order chi connectivity index (χ0) is 25.2. The van der Waals surface area contributed by atoms with Crippen LogP contribution in [0.3, 0.4) is 0 Å². The average Bonchev–Trinajstić information content (AvgIpc) is 2.74. The summed E-state index contributed by atoms with van der Waals surface area (Å²) in [4.78, 5) is 52.4. The molecule has 0 aliphatic carbocycles. The molecule has 4 rings (SSSR count). The molecule has 192 valence electrons. The van der Waals surface area contributed by atoms with E-state index in [-0.39, 0.29) is 30.8 Å². The lowest BCUT2D eigenvalue weighted by Gasteiger charge is -2.51. The van der Waals surface area contributed by atoms with Crippen LogP contribution in [0.15, 0.2) is 12.4 Å². The van der Waals surface area contributed by atoms with Crippen molar-refractivity contribution >= 4 is 17.9 Å². The van der Waals surface area contributed by atoms with Crippen molar-refractivity contribution in [2.75, 3.05) is 32.7 Å². The number of aromatic nitrogens is 2. The maximum absolute atomic E-state index is 13.3. The van der Waals surface area contributed by atoms with Crippen molar-refractivity contribution in [2.24, 2.45) is 0 Å². The van der Waals surface area contributed by atoms with Crippen molar-refractivity contribution in [1.82, 2.24) is 30.0 Å². The summed E-state index contributed by atoms with van der Waals surface area (Å²) in [5.74, 6) is -0.202. The van der Waals surface area contributed by atoms with Gasteiger partial charge < -0.3 is 19.9 Å². The average molecular weight is 491 g/mol. The van der Waals surface area contributed by atoms with Crippen LogP contribution in [0.2, 0.25) is 0 Å². The van der Waals surface area contributed by atoms with Crippen LogP contribution in [0.1, 0.15) is 51.4 Å². The first kappa shape index (κ1) is 25.3. The highest BCUT2D eigenvalue weighted by Gasteiger charge is 2.45. The number of ether oxygens (including phenoxy) is 1. The second kappa shape index (κ2) is 10.4. The largest absolute Gasteiger partial charge is 0.444 e. The first-order chi connectivity index (χ1) is 16.6. The normalized spacial score (nSPS) is 21.1. The van der Waals surface area contributed by atoms with E-state index in [1.165, 1.54) is 0 Å². The Bertz CT molecular complexity index is 942. The van der Waals surface area contributed by atoms with Crippen LogP contribution in [-0.4, -0.2) is 99.2 Å². The quantitative estimate of drug-likeness (QED) is 0.574. The Morgan fingerprint density at radius 2 is 1.77 bits per heavy atom. The number of nitrogens with one attached hydrogen (secondary N) is 1. The van der Waals surface area contributed by atoms with Crippen LogP contribution in [0.4, 0.5) is 9.18 Å². The van der Waals surface area contributed by atoms with E-state index in [4.69, 9.17) is 4.74 Å². The van der Waals surface area contributed by atoms with Crippen molar-refractivity contribution < 1.29 is 23.5 Å². The molecule has 2 fully saturated rings. The van der Waals surface area contributed by atoms with E-state index < -0.39 is 23.9 Å². The number of likely N-dealkylation sites (tertiary alicyclic amines) is 2. The minimum absolute atomic E-state index is 0.0881. The lowest BCUT2D eigenvalue weighted by molar-refractivity contribution is -0.154. The van der Waals surface area contributed by atoms with Crippen molar-refractivity contribution in [1.29, 1.82) is 0 Å². The Hall–Kier alpha value is -2.82. The summed E-state index contributed by atoms with van der Waals surface area (Å²) in [5, 5.41) is 2.70. The highest BCUT2D eigenvalue weighted by molar-refractivity contribution is 5.89. The van der Waals surface area contributed by atoms with Gasteiger partial charge in [0, 0.05) is 64.0 Å². The highest BCUT2D eigenvalue weighted by Crippen LogP contribution is 2.27. The number of halogens is 1. The van der Waals surface area contributed by atoms with Gasteiger partial charge in [0.25, 0.3) is 0 Å². The number of hydrogen-bond acceptors (Lipinski definition) is 7. The predicted molar refractivity (Wildman–Crippen MR) is 125 cm³/mol. The number of unbranched alkanes of at least 4 members (excludes halogenated alkanes) is 1. The smallest absolute Gasteiger partial charge is 0.407 e. The van der Waals surface area contributed by atoms with Crippen LogP contribution >= 0.6 is 0 Å². The molecule has 3 aliphatic rings. The molecular weight excluding hydrogens is 455 g/mol. The fourth-order valence-electron chi connectivity index (χ4n) is 4.63. The SMILES string of the molecule is CC(C)(C)OC(=O)NCCCCC(=O)N1Cc2nccnc2CC1C(=O)N1CC(N2CC(F)C2)C1. The standard InChI is InChI=1S/C24H35FN6O4/c1-24(2,3)35-23(34)28-7-5-4-6-21(32)31-15-19-18(26-8-9-27-19)10-20(31)22(33)30-13-17(14-30)29-11-16(25)12-29/h8-9,16-17,20H,4-7,10-15H2,1-3H3,(H,28,34). The molecule has 3 amide bonds. The summed E-state index contributed by atoms with van der Waals surface area (Å²) < 4.78 is 18.4. The number of alkyl carbamates (subject to hydrolysis) is 1. The topological polar surface area (TPSA) is 108 Å². The van der Waals surface area contributed by atoms with Gasteiger partial charge in [-0.15, -0.1) is 0 Å². The Morgan fingerprint density at radius 3 is 2.43 bits per heavy atom. The second-order valence-corrected chi connectivity index (χ2v) is 10.5. The third kappa shape index (κ3) is 6.25. The zero-order valence-corrected chi connectivity index (χ0v) is 20.7. The maximum atomic E-state index is 13.3. The molecule has 1 N–H and O–H groups in total. The van der Waals surface area contributed by atoms with Gasteiger partial charge in [-0.1, -0.05) is 0 Å². The minimum Gasteiger partial charge on any atom is -0.444 e. The van der Waals surface area contributed by atoms with Gasteiger partial charge in [0.1, 0.15) is 17.8 Å². The van der Waals surface area contributed by atoms with Crippen molar-refractivity contribution in [3.05, 3.63) is 23.8 Å². The summed E-state index contributed by atoms with van der Waals surface area (Å²) in [6.45, 7) is 8.06. The summed E-state index contributed by atoms with van der Waals surface area (Å²) in [6.07, 6.45) is 3.75. The van der Waals surface area contributed by atoms with E-state index in [0.717, 1.165) is 5.69 Å². The third-order valence-electron chi connectivity index (χ3n) is 6.59. The molecule has 11 heteroatoms. The third-order valence-corrected chi connectivity index (χ3v) is 6.59. The predicted octanol–water partition coefficient (Wildman–Crippen LogP) is 1.29. The number of nitrogens with zero attached hydrogens (tertiary/aromatic N) is 5. The summed E-state index contributed by atoms with van der Waals surface area (Å²) >= 11 is 0. The van der Waals surface area contributed by atoms with Crippen LogP contribution in [-0.2, 0) is 27.3 Å². The number of carbonyl (C=O) groups is 3. The Morgan fingerprint density at radius 1 is 1.09 bits per heavy atom. The molecule has 0 bridgehead atoms. The molecule has 1 aromatic rings. The summed E-state index contributed by atoms with van der Waals surface area (Å²) in [6, 6.07) is -0.416. The first-order valence-corrected chi connectivity index (χ1v) is 12.3.